The fourth-order valence-electron chi connectivity index (χ4n) is 6.18. The summed E-state index contributed by atoms with van der Waals surface area (Å²) in [5.74, 6) is 0.745. The number of aromatic nitrogens is 5. The Bertz CT molecular complexity index is 1680. The van der Waals surface area contributed by atoms with E-state index in [0.717, 1.165) is 30.4 Å². The number of nitrogens with zero attached hydrogens (tertiary/aromatic N) is 8. The van der Waals surface area contributed by atoms with E-state index in [-0.39, 0.29) is 30.2 Å². The van der Waals surface area contributed by atoms with Crippen molar-refractivity contribution in [2.45, 2.75) is 77.9 Å². The van der Waals surface area contributed by atoms with Crippen molar-refractivity contribution in [2.24, 2.45) is 7.05 Å². The molecule has 1 saturated heterocycles. The monoisotopic (exact) mass is 568 g/mol. The van der Waals surface area contributed by atoms with Crippen molar-refractivity contribution >= 4 is 27.8 Å². The van der Waals surface area contributed by atoms with Gasteiger partial charge in [-0.25, -0.2) is 4.98 Å². The normalized spacial score (nSPS) is 19.2. The molecule has 0 amide bonds. The van der Waals surface area contributed by atoms with Crippen molar-refractivity contribution in [1.82, 2.24) is 28.8 Å². The minimum absolute atomic E-state index is 0.0629. The van der Waals surface area contributed by atoms with Gasteiger partial charge in [-0.05, 0) is 44.9 Å². The minimum atomic E-state index is -4.42. The van der Waals surface area contributed by atoms with Gasteiger partial charge in [-0.3, -0.25) is 14.4 Å². The van der Waals surface area contributed by atoms with E-state index < -0.39 is 11.7 Å². The fourth-order valence-corrected chi connectivity index (χ4v) is 6.18. The van der Waals surface area contributed by atoms with Crippen LogP contribution in [-0.2, 0) is 26.3 Å². The Morgan fingerprint density at radius 1 is 1.10 bits per heavy atom. The van der Waals surface area contributed by atoms with Gasteiger partial charge < -0.3 is 14.0 Å². The van der Waals surface area contributed by atoms with E-state index in [9.17, 15) is 23.2 Å². The van der Waals surface area contributed by atoms with Crippen LogP contribution in [0.15, 0.2) is 35.3 Å². The van der Waals surface area contributed by atoms with E-state index >= 15 is 0 Å². The van der Waals surface area contributed by atoms with Crippen LogP contribution in [0.2, 0.25) is 0 Å². The highest BCUT2D eigenvalue weighted by Crippen LogP contribution is 2.36. The van der Waals surface area contributed by atoms with Crippen molar-refractivity contribution in [3.63, 3.8) is 0 Å². The molecule has 0 radical (unpaired) electrons. The Kier molecular flexibility index (Phi) is 7.59. The molecule has 3 atom stereocenters. The van der Waals surface area contributed by atoms with E-state index in [1.165, 1.54) is 12.1 Å². The molecule has 9 nitrogen and oxygen atoms in total. The first kappa shape index (κ1) is 28.7. The molecule has 1 fully saturated rings. The molecule has 0 saturated carbocycles. The van der Waals surface area contributed by atoms with E-state index in [2.05, 4.69) is 41.7 Å². The highest BCUT2D eigenvalue weighted by Gasteiger charge is 2.38. The van der Waals surface area contributed by atoms with Gasteiger partial charge in [0.2, 0.25) is 0 Å². The van der Waals surface area contributed by atoms with Crippen LogP contribution in [-0.4, -0.2) is 54.0 Å². The Labute approximate surface area is 236 Å². The Hall–Kier alpha value is -3.85. The van der Waals surface area contributed by atoms with E-state index in [1.54, 1.807) is 28.6 Å². The Morgan fingerprint density at radius 3 is 2.46 bits per heavy atom. The van der Waals surface area contributed by atoms with Gasteiger partial charge in [0.25, 0.3) is 5.56 Å². The molecule has 4 heterocycles. The minimum Gasteiger partial charge on any atom is -0.364 e. The van der Waals surface area contributed by atoms with E-state index in [1.807, 2.05) is 11.5 Å². The number of anilines is 1. The summed E-state index contributed by atoms with van der Waals surface area (Å²) >= 11 is 0. The lowest BCUT2D eigenvalue weighted by Gasteiger charge is -2.49. The van der Waals surface area contributed by atoms with Gasteiger partial charge in [0.1, 0.15) is 17.9 Å². The number of fused-ring (bicyclic) bond motifs is 2. The van der Waals surface area contributed by atoms with Crippen molar-refractivity contribution in [1.29, 1.82) is 5.26 Å². The first-order valence-electron chi connectivity index (χ1n) is 14.1. The quantitative estimate of drug-likeness (QED) is 0.309. The zero-order chi connectivity index (χ0) is 29.6. The molecule has 12 heteroatoms. The van der Waals surface area contributed by atoms with Crippen LogP contribution in [0.3, 0.4) is 0 Å². The van der Waals surface area contributed by atoms with Crippen LogP contribution in [0.5, 0.6) is 0 Å². The summed E-state index contributed by atoms with van der Waals surface area (Å²) in [5.41, 5.74) is 2.34. The largest absolute Gasteiger partial charge is 0.416 e. The second-order valence-corrected chi connectivity index (χ2v) is 10.7. The molecular formula is C29H35F3N8O. The maximum atomic E-state index is 13.5. The number of imidazole rings is 1. The SMILES string of the molecule is CC[C@H]1CN([C@H](C)c2nc3ccc(C(F)(F)F)cc3n2CC)[C@H](CC)CN1c1cc(=O)n(C)c2cn(CC#N)nc12. The van der Waals surface area contributed by atoms with Crippen LogP contribution >= 0.6 is 0 Å². The van der Waals surface area contributed by atoms with Gasteiger partial charge in [-0.1, -0.05) is 13.8 Å². The number of rotatable bonds is 7. The Morgan fingerprint density at radius 2 is 1.83 bits per heavy atom. The molecule has 0 unspecified atom stereocenters. The van der Waals surface area contributed by atoms with Crippen LogP contribution in [0.1, 0.15) is 58.0 Å². The number of alkyl halides is 3. The third kappa shape index (κ3) is 4.96. The number of aryl methyl sites for hydroxylation is 2. The first-order chi connectivity index (χ1) is 19.5. The van der Waals surface area contributed by atoms with Crippen molar-refractivity contribution in [3.05, 3.63) is 52.2 Å². The summed E-state index contributed by atoms with van der Waals surface area (Å²) in [6, 6.07) is 7.50. The lowest BCUT2D eigenvalue weighted by Crippen LogP contribution is -2.59. The molecule has 1 aliphatic heterocycles. The number of hydrogen-bond donors (Lipinski definition) is 0. The van der Waals surface area contributed by atoms with Gasteiger partial charge in [-0.15, -0.1) is 0 Å². The van der Waals surface area contributed by atoms with Gasteiger partial charge in [-0.2, -0.15) is 23.5 Å². The topological polar surface area (TPSA) is 87.9 Å². The predicted octanol–water partition coefficient (Wildman–Crippen LogP) is 5.09. The molecule has 0 N–H and O–H groups in total. The van der Waals surface area contributed by atoms with Gasteiger partial charge in [0, 0.05) is 44.8 Å². The zero-order valence-electron chi connectivity index (χ0n) is 24.0. The molecule has 218 valence electrons. The molecule has 41 heavy (non-hydrogen) atoms. The van der Waals surface area contributed by atoms with Crippen LogP contribution in [0, 0.1) is 11.3 Å². The molecule has 0 bridgehead atoms. The summed E-state index contributed by atoms with van der Waals surface area (Å²) in [7, 11) is 1.70. The second-order valence-electron chi connectivity index (χ2n) is 10.7. The van der Waals surface area contributed by atoms with Crippen LogP contribution in [0.4, 0.5) is 18.9 Å². The molecule has 0 spiro atoms. The average molecular weight is 569 g/mol. The second kappa shape index (κ2) is 10.9. The Balaban J connectivity index is 1.53. The zero-order valence-corrected chi connectivity index (χ0v) is 24.0. The molecule has 3 aromatic heterocycles. The van der Waals surface area contributed by atoms with Crippen molar-refractivity contribution in [2.75, 3.05) is 18.0 Å². The third-order valence-electron chi connectivity index (χ3n) is 8.45. The number of halogens is 3. The highest BCUT2D eigenvalue weighted by molar-refractivity contribution is 5.88. The predicted molar refractivity (Wildman–Crippen MR) is 152 cm³/mol. The number of nitriles is 1. The number of piperazine rings is 1. The molecule has 0 aliphatic carbocycles. The lowest BCUT2D eigenvalue weighted by atomic mass is 9.99. The standard InChI is InChI=1S/C29H35F3N8O/c1-6-20-16-40(24-14-26(41)36(5)25-17-37(12-11-33)35-27(24)25)21(7-2)15-39(20)18(4)28-34-22-10-9-19(29(30,31)32)13-23(22)38(28)8-3/h9-10,13-14,17-18,20-21H,6-8,12,15-16H2,1-5H3/t18-,20-,21+/m1/s1. The molecule has 4 aromatic rings. The fraction of sp³-hybridized carbons (Fsp3) is 0.517. The lowest BCUT2D eigenvalue weighted by molar-refractivity contribution is -0.137. The average Bonchev–Trinajstić information content (AvgIpc) is 3.55. The smallest absolute Gasteiger partial charge is 0.364 e. The first-order valence-corrected chi connectivity index (χ1v) is 14.1. The summed E-state index contributed by atoms with van der Waals surface area (Å²) < 4.78 is 45.4. The highest BCUT2D eigenvalue weighted by atomic mass is 19.4. The molecular weight excluding hydrogens is 533 g/mol. The van der Waals surface area contributed by atoms with E-state index in [0.29, 0.717) is 41.7 Å². The van der Waals surface area contributed by atoms with Crippen LogP contribution in [0.25, 0.3) is 22.1 Å². The maximum Gasteiger partial charge on any atom is 0.416 e. The maximum absolute atomic E-state index is 13.5. The molecule has 1 aromatic carbocycles. The molecule has 1 aliphatic rings. The van der Waals surface area contributed by atoms with Crippen molar-refractivity contribution < 1.29 is 13.2 Å². The summed E-state index contributed by atoms with van der Waals surface area (Å²) in [5, 5.41) is 13.8. The summed E-state index contributed by atoms with van der Waals surface area (Å²) in [4.78, 5) is 22.4. The van der Waals surface area contributed by atoms with Gasteiger partial charge >= 0.3 is 6.18 Å². The summed E-state index contributed by atoms with van der Waals surface area (Å²) in [6.45, 7) is 10.2. The number of hydrogen-bond acceptors (Lipinski definition) is 6. The van der Waals surface area contributed by atoms with Gasteiger partial charge in [0.15, 0.2) is 0 Å². The van der Waals surface area contributed by atoms with Gasteiger partial charge in [0.05, 0.1) is 46.1 Å². The molecule has 5 rings (SSSR count). The van der Waals surface area contributed by atoms with Crippen LogP contribution < -0.4 is 10.5 Å². The third-order valence-corrected chi connectivity index (χ3v) is 8.45. The number of benzene rings is 1. The number of pyridine rings is 1. The van der Waals surface area contributed by atoms with E-state index in [4.69, 9.17) is 4.98 Å². The summed E-state index contributed by atoms with van der Waals surface area (Å²) in [6.07, 6.45) is -1.04. The van der Waals surface area contributed by atoms with Crippen molar-refractivity contribution in [3.8, 4) is 6.07 Å².